The van der Waals surface area contributed by atoms with Crippen molar-refractivity contribution in [3.05, 3.63) is 35.9 Å². The fourth-order valence-corrected chi connectivity index (χ4v) is 2.52. The fraction of sp³-hybridized carbons (Fsp3) is 0.429. The van der Waals surface area contributed by atoms with E-state index >= 15 is 0 Å². The lowest BCUT2D eigenvalue weighted by atomic mass is 9.96. The van der Waals surface area contributed by atoms with Crippen molar-refractivity contribution in [2.75, 3.05) is 13.1 Å². The number of ether oxygens (including phenoxy) is 1. The Kier molecular flexibility index (Phi) is 4.24. The normalized spacial score (nSPS) is 21.8. The molecule has 6 heteroatoms. The Balaban J connectivity index is 2.07. The standard InChI is InChI=1S/C14H18N2O4/c15-10-14(7-4-8-16(14)13(18)19)12(17)20-9-11-5-2-1-3-6-11/h1-3,5-6H,4,7-10,15H2,(H,18,19)/t14-/m0/s1. The van der Waals surface area contributed by atoms with Gasteiger partial charge >= 0.3 is 12.1 Å². The van der Waals surface area contributed by atoms with Crippen LogP contribution in [0.1, 0.15) is 18.4 Å². The quantitative estimate of drug-likeness (QED) is 0.807. The Morgan fingerprint density at radius 3 is 2.65 bits per heavy atom. The SMILES string of the molecule is NC[C@]1(C(=O)OCc2ccccc2)CCCN1C(=O)O. The van der Waals surface area contributed by atoms with Gasteiger partial charge in [-0.15, -0.1) is 0 Å². The second-order valence-corrected chi connectivity index (χ2v) is 4.84. The zero-order valence-electron chi connectivity index (χ0n) is 11.1. The molecule has 1 aliphatic heterocycles. The number of esters is 1. The fourth-order valence-electron chi connectivity index (χ4n) is 2.52. The van der Waals surface area contributed by atoms with Crippen molar-refractivity contribution < 1.29 is 19.4 Å². The maximum Gasteiger partial charge on any atom is 0.408 e. The lowest BCUT2D eigenvalue weighted by Crippen LogP contribution is -2.58. The largest absolute Gasteiger partial charge is 0.465 e. The van der Waals surface area contributed by atoms with Crippen molar-refractivity contribution in [2.45, 2.75) is 25.0 Å². The molecule has 1 aromatic carbocycles. The Labute approximate surface area is 117 Å². The number of hydrogen-bond donors (Lipinski definition) is 2. The van der Waals surface area contributed by atoms with Crippen LogP contribution in [0.25, 0.3) is 0 Å². The minimum atomic E-state index is -1.24. The van der Waals surface area contributed by atoms with E-state index in [4.69, 9.17) is 10.5 Å². The zero-order valence-corrected chi connectivity index (χ0v) is 11.1. The minimum absolute atomic E-state index is 0.0626. The number of amides is 1. The monoisotopic (exact) mass is 278 g/mol. The summed E-state index contributed by atoms with van der Waals surface area (Å²) in [4.78, 5) is 24.6. The molecule has 1 heterocycles. The van der Waals surface area contributed by atoms with Gasteiger partial charge in [-0.05, 0) is 18.4 Å². The molecule has 0 aliphatic carbocycles. The first kappa shape index (κ1) is 14.3. The van der Waals surface area contributed by atoms with Crippen LogP contribution in [0, 0.1) is 0 Å². The Morgan fingerprint density at radius 2 is 2.05 bits per heavy atom. The first-order chi connectivity index (χ1) is 9.60. The highest BCUT2D eigenvalue weighted by atomic mass is 16.5. The summed E-state index contributed by atoms with van der Waals surface area (Å²) >= 11 is 0. The molecule has 2 rings (SSSR count). The molecule has 1 amide bonds. The van der Waals surface area contributed by atoms with Crippen LogP contribution in [0.4, 0.5) is 4.79 Å². The first-order valence-electron chi connectivity index (χ1n) is 6.52. The van der Waals surface area contributed by atoms with Crippen LogP contribution >= 0.6 is 0 Å². The van der Waals surface area contributed by atoms with Gasteiger partial charge < -0.3 is 15.6 Å². The van der Waals surface area contributed by atoms with Crippen molar-refractivity contribution in [2.24, 2.45) is 5.73 Å². The zero-order chi connectivity index (χ0) is 14.6. The Morgan fingerprint density at radius 1 is 1.35 bits per heavy atom. The van der Waals surface area contributed by atoms with Crippen LogP contribution < -0.4 is 5.73 Å². The number of carbonyl (C=O) groups excluding carboxylic acids is 1. The van der Waals surface area contributed by atoms with Gasteiger partial charge in [-0.1, -0.05) is 30.3 Å². The molecule has 0 saturated carbocycles. The predicted molar refractivity (Wildman–Crippen MR) is 72.0 cm³/mol. The molecule has 0 aromatic heterocycles. The molecule has 0 radical (unpaired) electrons. The van der Waals surface area contributed by atoms with Gasteiger partial charge in [0.15, 0.2) is 5.54 Å². The summed E-state index contributed by atoms with van der Waals surface area (Å²) in [5.74, 6) is -0.566. The third kappa shape index (κ3) is 2.60. The highest BCUT2D eigenvalue weighted by Crippen LogP contribution is 2.30. The maximum atomic E-state index is 12.3. The molecule has 3 N–H and O–H groups in total. The molecule has 0 spiro atoms. The van der Waals surface area contributed by atoms with Crippen LogP contribution in [0.2, 0.25) is 0 Å². The predicted octanol–water partition coefficient (Wildman–Crippen LogP) is 1.20. The van der Waals surface area contributed by atoms with E-state index in [9.17, 15) is 14.7 Å². The number of benzene rings is 1. The third-order valence-corrected chi connectivity index (χ3v) is 3.65. The lowest BCUT2D eigenvalue weighted by Gasteiger charge is -2.33. The van der Waals surface area contributed by atoms with Gasteiger partial charge in [-0.3, -0.25) is 4.90 Å². The van der Waals surface area contributed by atoms with Crippen molar-refractivity contribution in [3.63, 3.8) is 0 Å². The molecule has 1 aromatic rings. The summed E-state index contributed by atoms with van der Waals surface area (Å²) in [6.45, 7) is 0.370. The van der Waals surface area contributed by atoms with Gasteiger partial charge in [0, 0.05) is 13.1 Å². The molecule has 6 nitrogen and oxygen atoms in total. The number of likely N-dealkylation sites (tertiary alicyclic amines) is 1. The van der Waals surface area contributed by atoms with Crippen LogP contribution in [-0.2, 0) is 16.1 Å². The molecule has 1 aliphatic rings. The summed E-state index contributed by atoms with van der Waals surface area (Å²) in [7, 11) is 0. The summed E-state index contributed by atoms with van der Waals surface area (Å²) < 4.78 is 5.26. The Bertz CT molecular complexity index is 491. The summed E-state index contributed by atoms with van der Waals surface area (Å²) in [5.41, 5.74) is 5.28. The van der Waals surface area contributed by atoms with E-state index in [2.05, 4.69) is 0 Å². The van der Waals surface area contributed by atoms with E-state index in [0.717, 1.165) is 10.5 Å². The van der Waals surface area contributed by atoms with E-state index in [1.54, 1.807) is 0 Å². The maximum absolute atomic E-state index is 12.3. The molecular formula is C14H18N2O4. The summed E-state index contributed by atoms with van der Waals surface area (Å²) in [6.07, 6.45) is -0.113. The van der Waals surface area contributed by atoms with Crippen LogP contribution in [0.15, 0.2) is 30.3 Å². The van der Waals surface area contributed by atoms with Crippen LogP contribution in [-0.4, -0.2) is 40.7 Å². The number of carboxylic acid groups (broad SMARTS) is 1. The van der Waals surface area contributed by atoms with Gasteiger partial charge in [-0.25, -0.2) is 9.59 Å². The molecule has 20 heavy (non-hydrogen) atoms. The second kappa shape index (κ2) is 5.92. The molecule has 1 fully saturated rings. The molecule has 0 unspecified atom stereocenters. The lowest BCUT2D eigenvalue weighted by molar-refractivity contribution is -0.156. The van der Waals surface area contributed by atoms with Crippen molar-refractivity contribution >= 4 is 12.1 Å². The van der Waals surface area contributed by atoms with E-state index in [1.165, 1.54) is 0 Å². The minimum Gasteiger partial charge on any atom is -0.465 e. The number of rotatable bonds is 4. The number of nitrogens with zero attached hydrogens (tertiary/aromatic N) is 1. The summed E-state index contributed by atoms with van der Waals surface area (Å²) in [5, 5.41) is 9.18. The molecule has 0 bridgehead atoms. The molecular weight excluding hydrogens is 260 g/mol. The van der Waals surface area contributed by atoms with Gasteiger partial charge in [0.1, 0.15) is 6.61 Å². The Hall–Kier alpha value is -2.08. The van der Waals surface area contributed by atoms with Crippen LogP contribution in [0.3, 0.4) is 0 Å². The van der Waals surface area contributed by atoms with E-state index in [1.807, 2.05) is 30.3 Å². The van der Waals surface area contributed by atoms with Gasteiger partial charge in [-0.2, -0.15) is 0 Å². The smallest absolute Gasteiger partial charge is 0.408 e. The first-order valence-corrected chi connectivity index (χ1v) is 6.52. The van der Waals surface area contributed by atoms with Gasteiger partial charge in [0.25, 0.3) is 0 Å². The topological polar surface area (TPSA) is 92.9 Å². The van der Waals surface area contributed by atoms with Crippen LogP contribution in [0.5, 0.6) is 0 Å². The highest BCUT2D eigenvalue weighted by molar-refractivity contribution is 5.86. The summed E-state index contributed by atoms with van der Waals surface area (Å²) in [6, 6.07) is 9.25. The average molecular weight is 278 g/mol. The van der Waals surface area contributed by atoms with E-state index in [-0.39, 0.29) is 13.2 Å². The van der Waals surface area contributed by atoms with Gasteiger partial charge in [0.05, 0.1) is 0 Å². The number of nitrogens with two attached hydrogens (primary N) is 1. The van der Waals surface area contributed by atoms with Gasteiger partial charge in [0.2, 0.25) is 0 Å². The number of carbonyl (C=O) groups is 2. The second-order valence-electron chi connectivity index (χ2n) is 4.84. The molecule has 1 saturated heterocycles. The highest BCUT2D eigenvalue weighted by Gasteiger charge is 2.50. The average Bonchev–Trinajstić information content (AvgIpc) is 2.91. The molecule has 108 valence electrons. The third-order valence-electron chi connectivity index (χ3n) is 3.65. The van der Waals surface area contributed by atoms with Crippen molar-refractivity contribution in [3.8, 4) is 0 Å². The number of hydrogen-bond acceptors (Lipinski definition) is 4. The van der Waals surface area contributed by atoms with Crippen molar-refractivity contribution in [1.29, 1.82) is 0 Å². The van der Waals surface area contributed by atoms with E-state index < -0.39 is 17.6 Å². The molecule has 1 atom stereocenters. The van der Waals surface area contributed by atoms with Crippen molar-refractivity contribution in [1.82, 2.24) is 4.90 Å². The van der Waals surface area contributed by atoms with E-state index in [0.29, 0.717) is 19.4 Å².